The van der Waals surface area contributed by atoms with Gasteiger partial charge < -0.3 is 5.43 Å². The standard InChI is InChI=1S/C11H14ClN3/c1-7-4-8(6-9(12)5-7)11(15-13)14-10-2-3-10/h4-6,10H,2-3,13H2,1H3,(H,14,15). The molecule has 0 radical (unpaired) electrons. The van der Waals surface area contributed by atoms with Gasteiger partial charge in [-0.3, -0.25) is 4.99 Å². The zero-order valence-corrected chi connectivity index (χ0v) is 9.38. The van der Waals surface area contributed by atoms with Gasteiger partial charge in [0.15, 0.2) is 0 Å². The molecule has 1 aliphatic rings. The summed E-state index contributed by atoms with van der Waals surface area (Å²) in [6.45, 7) is 2.00. The number of hydrogen-bond donors (Lipinski definition) is 2. The molecule has 15 heavy (non-hydrogen) atoms. The Morgan fingerprint density at radius 2 is 2.20 bits per heavy atom. The highest BCUT2D eigenvalue weighted by Crippen LogP contribution is 2.24. The van der Waals surface area contributed by atoms with Crippen molar-refractivity contribution in [3.05, 3.63) is 34.3 Å². The predicted molar refractivity (Wildman–Crippen MR) is 63.1 cm³/mol. The number of amidine groups is 1. The third kappa shape index (κ3) is 2.70. The summed E-state index contributed by atoms with van der Waals surface area (Å²) in [7, 11) is 0. The van der Waals surface area contributed by atoms with Gasteiger partial charge in [-0.2, -0.15) is 0 Å². The SMILES string of the molecule is Cc1cc(Cl)cc(C(=NC2CC2)NN)c1. The van der Waals surface area contributed by atoms with Crippen LogP contribution >= 0.6 is 11.6 Å². The van der Waals surface area contributed by atoms with E-state index in [1.54, 1.807) is 0 Å². The van der Waals surface area contributed by atoms with E-state index in [1.807, 2.05) is 25.1 Å². The van der Waals surface area contributed by atoms with Gasteiger partial charge in [-0.1, -0.05) is 11.6 Å². The largest absolute Gasteiger partial charge is 0.308 e. The number of hydrazine groups is 1. The molecule has 1 aromatic rings. The number of nitrogens with one attached hydrogen (secondary N) is 1. The summed E-state index contributed by atoms with van der Waals surface area (Å²) in [4.78, 5) is 4.48. The normalized spacial score (nSPS) is 16.6. The molecule has 1 aromatic carbocycles. The van der Waals surface area contributed by atoms with Crippen molar-refractivity contribution in [2.45, 2.75) is 25.8 Å². The number of nitrogens with zero attached hydrogens (tertiary/aromatic N) is 1. The Morgan fingerprint density at radius 1 is 1.47 bits per heavy atom. The first-order valence-corrected chi connectivity index (χ1v) is 5.39. The van der Waals surface area contributed by atoms with Crippen molar-refractivity contribution in [3.8, 4) is 0 Å². The van der Waals surface area contributed by atoms with Gasteiger partial charge in [0.05, 0.1) is 6.04 Å². The van der Waals surface area contributed by atoms with E-state index in [-0.39, 0.29) is 0 Å². The van der Waals surface area contributed by atoms with Crippen LogP contribution in [0.15, 0.2) is 23.2 Å². The zero-order chi connectivity index (χ0) is 10.8. The first kappa shape index (κ1) is 10.5. The van der Waals surface area contributed by atoms with Crippen LogP contribution in [0.3, 0.4) is 0 Å². The quantitative estimate of drug-likeness (QED) is 0.349. The molecule has 3 nitrogen and oxygen atoms in total. The monoisotopic (exact) mass is 223 g/mol. The maximum atomic E-state index is 5.98. The van der Waals surface area contributed by atoms with Crippen molar-refractivity contribution in [2.24, 2.45) is 10.8 Å². The minimum Gasteiger partial charge on any atom is -0.308 e. The van der Waals surface area contributed by atoms with E-state index in [4.69, 9.17) is 17.4 Å². The Hall–Kier alpha value is -1.06. The molecule has 1 aliphatic carbocycles. The predicted octanol–water partition coefficient (Wildman–Crippen LogP) is 2.02. The first-order valence-electron chi connectivity index (χ1n) is 5.01. The molecule has 0 amide bonds. The summed E-state index contributed by atoms with van der Waals surface area (Å²) in [6.07, 6.45) is 2.31. The first-order chi connectivity index (χ1) is 7.19. The Morgan fingerprint density at radius 3 is 2.73 bits per heavy atom. The van der Waals surface area contributed by atoms with E-state index in [1.165, 1.54) is 0 Å². The lowest BCUT2D eigenvalue weighted by atomic mass is 10.1. The average Bonchev–Trinajstić information content (AvgIpc) is 2.96. The van der Waals surface area contributed by atoms with Crippen molar-refractivity contribution >= 4 is 17.4 Å². The van der Waals surface area contributed by atoms with E-state index >= 15 is 0 Å². The van der Waals surface area contributed by atoms with Crippen LogP contribution in [0, 0.1) is 6.92 Å². The van der Waals surface area contributed by atoms with Gasteiger partial charge in [0.1, 0.15) is 5.84 Å². The van der Waals surface area contributed by atoms with E-state index in [0.717, 1.165) is 29.8 Å². The van der Waals surface area contributed by atoms with Crippen LogP contribution in [0.4, 0.5) is 0 Å². The lowest BCUT2D eigenvalue weighted by molar-refractivity contribution is 0.971. The summed E-state index contributed by atoms with van der Waals surface area (Å²) in [5, 5.41) is 0.712. The van der Waals surface area contributed by atoms with Gasteiger partial charge in [0.2, 0.25) is 0 Å². The number of hydrogen-bond acceptors (Lipinski definition) is 2. The molecular formula is C11H14ClN3. The van der Waals surface area contributed by atoms with Crippen LogP contribution in [0.25, 0.3) is 0 Å². The maximum absolute atomic E-state index is 5.98. The number of nitrogens with two attached hydrogens (primary N) is 1. The van der Waals surface area contributed by atoms with Crippen molar-refractivity contribution in [2.75, 3.05) is 0 Å². The molecular weight excluding hydrogens is 210 g/mol. The number of benzene rings is 1. The summed E-state index contributed by atoms with van der Waals surface area (Å²) >= 11 is 5.98. The number of aliphatic imine (C=N–C) groups is 1. The second-order valence-corrected chi connectivity index (χ2v) is 4.31. The topological polar surface area (TPSA) is 50.4 Å². The molecule has 0 atom stereocenters. The summed E-state index contributed by atoms with van der Waals surface area (Å²) in [6, 6.07) is 6.24. The third-order valence-electron chi connectivity index (χ3n) is 2.31. The van der Waals surface area contributed by atoms with Crippen LogP contribution in [0.2, 0.25) is 5.02 Å². The molecule has 0 aliphatic heterocycles. The highest BCUT2D eigenvalue weighted by Gasteiger charge is 2.21. The van der Waals surface area contributed by atoms with Crippen molar-refractivity contribution in [1.82, 2.24) is 5.43 Å². The minimum atomic E-state index is 0.440. The van der Waals surface area contributed by atoms with E-state index in [9.17, 15) is 0 Å². The fourth-order valence-electron chi connectivity index (χ4n) is 1.45. The molecule has 1 fully saturated rings. The van der Waals surface area contributed by atoms with Crippen LogP contribution in [0.5, 0.6) is 0 Å². The van der Waals surface area contributed by atoms with Gasteiger partial charge >= 0.3 is 0 Å². The van der Waals surface area contributed by atoms with Gasteiger partial charge in [-0.05, 0) is 43.5 Å². The molecule has 3 N–H and O–H groups in total. The molecule has 0 unspecified atom stereocenters. The molecule has 4 heteroatoms. The van der Waals surface area contributed by atoms with Crippen LogP contribution in [-0.4, -0.2) is 11.9 Å². The average molecular weight is 224 g/mol. The number of rotatable bonds is 2. The summed E-state index contributed by atoms with van der Waals surface area (Å²) in [5.41, 5.74) is 4.70. The van der Waals surface area contributed by atoms with Crippen LogP contribution in [-0.2, 0) is 0 Å². The third-order valence-corrected chi connectivity index (χ3v) is 2.53. The Kier molecular flexibility index (Phi) is 2.93. The molecule has 80 valence electrons. The van der Waals surface area contributed by atoms with Crippen molar-refractivity contribution < 1.29 is 0 Å². The summed E-state index contributed by atoms with van der Waals surface area (Å²) in [5.74, 6) is 6.18. The maximum Gasteiger partial charge on any atom is 0.142 e. The number of aryl methyl sites for hydroxylation is 1. The zero-order valence-electron chi connectivity index (χ0n) is 8.63. The fraction of sp³-hybridized carbons (Fsp3) is 0.364. The van der Waals surface area contributed by atoms with E-state index in [2.05, 4.69) is 10.4 Å². The Bertz CT molecular complexity index is 377. The molecule has 0 heterocycles. The molecule has 0 spiro atoms. The Balaban J connectivity index is 2.32. The highest BCUT2D eigenvalue weighted by atomic mass is 35.5. The Labute approximate surface area is 94.3 Å². The van der Waals surface area contributed by atoms with Gasteiger partial charge in [0, 0.05) is 10.6 Å². The van der Waals surface area contributed by atoms with Crippen LogP contribution < -0.4 is 11.3 Å². The minimum absolute atomic E-state index is 0.440. The van der Waals surface area contributed by atoms with Gasteiger partial charge in [-0.25, -0.2) is 5.84 Å². The fourth-order valence-corrected chi connectivity index (χ4v) is 1.74. The molecule has 2 rings (SSSR count). The van der Waals surface area contributed by atoms with Crippen molar-refractivity contribution in [3.63, 3.8) is 0 Å². The number of halogens is 1. The highest BCUT2D eigenvalue weighted by molar-refractivity contribution is 6.31. The van der Waals surface area contributed by atoms with Crippen LogP contribution in [0.1, 0.15) is 24.0 Å². The smallest absolute Gasteiger partial charge is 0.142 e. The molecule has 0 aromatic heterocycles. The van der Waals surface area contributed by atoms with E-state index < -0.39 is 0 Å². The second kappa shape index (κ2) is 4.21. The van der Waals surface area contributed by atoms with Gasteiger partial charge in [0.25, 0.3) is 0 Å². The lowest BCUT2D eigenvalue weighted by Gasteiger charge is -2.07. The molecule has 0 saturated heterocycles. The molecule has 0 bridgehead atoms. The van der Waals surface area contributed by atoms with E-state index in [0.29, 0.717) is 11.1 Å². The summed E-state index contributed by atoms with van der Waals surface area (Å²) < 4.78 is 0. The lowest BCUT2D eigenvalue weighted by Crippen LogP contribution is -2.31. The van der Waals surface area contributed by atoms with Crippen molar-refractivity contribution in [1.29, 1.82) is 0 Å². The second-order valence-electron chi connectivity index (χ2n) is 3.87. The van der Waals surface area contributed by atoms with Gasteiger partial charge in [-0.15, -0.1) is 0 Å². The molecule has 1 saturated carbocycles.